The second-order valence-electron chi connectivity index (χ2n) is 14.8. The van der Waals surface area contributed by atoms with Crippen LogP contribution in [-0.2, 0) is 32.1 Å². The molecule has 2 aliphatic rings. The van der Waals surface area contributed by atoms with Gasteiger partial charge in [-0.3, -0.25) is 29.4 Å². The van der Waals surface area contributed by atoms with Gasteiger partial charge in [0.15, 0.2) is 0 Å². The number of nitrogens with one attached hydrogen (secondary N) is 5. The number of aliphatic hydroxyl groups is 1. The molecule has 0 spiro atoms. The summed E-state index contributed by atoms with van der Waals surface area (Å²) in [5, 5.41) is 25.5. The van der Waals surface area contributed by atoms with Crippen LogP contribution in [0.4, 0.5) is 0 Å². The van der Waals surface area contributed by atoms with Crippen molar-refractivity contribution in [3.8, 4) is 0 Å². The zero-order valence-corrected chi connectivity index (χ0v) is 31.2. The summed E-state index contributed by atoms with van der Waals surface area (Å²) in [5.41, 5.74) is 1.36. The Hall–Kier alpha value is -3.10. The smallest absolute Gasteiger partial charge is 0.245 e. The number of hydrogen-bond donors (Lipinski definition) is 6. The molecule has 0 aliphatic carbocycles. The van der Waals surface area contributed by atoms with Gasteiger partial charge in [0.1, 0.15) is 18.1 Å². The van der Waals surface area contributed by atoms with E-state index in [1.54, 1.807) is 11.8 Å². The molecule has 4 rings (SSSR count). The topological polar surface area (TPSA) is 152 Å². The zero-order chi connectivity index (χ0) is 36.0. The Morgan fingerprint density at radius 2 is 1.53 bits per heavy atom. The van der Waals surface area contributed by atoms with Gasteiger partial charge in [-0.25, -0.2) is 0 Å². The first-order chi connectivity index (χ1) is 22.9. The van der Waals surface area contributed by atoms with E-state index < -0.39 is 34.4 Å². The molecule has 11 nitrogen and oxygen atoms in total. The van der Waals surface area contributed by atoms with Gasteiger partial charge in [-0.1, -0.05) is 60.7 Å². The van der Waals surface area contributed by atoms with Gasteiger partial charge in [-0.2, -0.15) is 0 Å². The van der Waals surface area contributed by atoms with Crippen LogP contribution in [0.25, 0.3) is 0 Å². The Bertz CT molecular complexity index is 1450. The lowest BCUT2D eigenvalue weighted by Gasteiger charge is -2.34. The van der Waals surface area contributed by atoms with Crippen LogP contribution in [0.5, 0.6) is 0 Å². The molecule has 0 aromatic heterocycles. The molecule has 49 heavy (non-hydrogen) atoms. The summed E-state index contributed by atoms with van der Waals surface area (Å²) in [6.45, 7) is 14.2. The van der Waals surface area contributed by atoms with Crippen molar-refractivity contribution >= 4 is 47.2 Å². The Morgan fingerprint density at radius 1 is 0.918 bits per heavy atom. The first kappa shape index (κ1) is 38.7. The number of carbonyl (C=O) groups excluding carboxylic acids is 4. The molecular formula is C36H52N6O5S2. The molecule has 2 aromatic carbocycles. The van der Waals surface area contributed by atoms with Gasteiger partial charge in [0, 0.05) is 40.5 Å². The van der Waals surface area contributed by atoms with E-state index in [0.29, 0.717) is 12.4 Å². The third-order valence-corrected chi connectivity index (χ3v) is 11.4. The quantitative estimate of drug-likeness (QED) is 0.184. The summed E-state index contributed by atoms with van der Waals surface area (Å²) in [6, 6.07) is 16.7. The van der Waals surface area contributed by atoms with E-state index in [1.807, 2.05) is 114 Å². The Balaban J connectivity index is 1.39. The highest BCUT2D eigenvalue weighted by atomic mass is 32.2. The van der Waals surface area contributed by atoms with Gasteiger partial charge in [-0.15, -0.1) is 23.5 Å². The molecule has 268 valence electrons. The van der Waals surface area contributed by atoms with Crippen molar-refractivity contribution in [2.45, 2.75) is 106 Å². The molecule has 0 bridgehead atoms. The van der Waals surface area contributed by atoms with E-state index in [2.05, 4.69) is 26.6 Å². The standard InChI is InChI=1S/C36H52N6O5S2/c1-34(2,3)41-32(47)29-36(6,7)48-22-42(29)21-25(43)20-38-31(46)28-35(4,5)49-33(40-28)27(30(45)37-19-24-16-12-9-13-17-24)39-26(44)18-23-14-10-8-11-15-23/h8-17,25,27-29,33,40,43H,18-22H2,1-7H3,(H,37,45)(H,38,46)(H,39,44)(H,41,47)/t25?,27-,28+,29-,33-/m1/s1. The third-order valence-electron chi connectivity index (χ3n) is 8.47. The number of rotatable bonds is 13. The van der Waals surface area contributed by atoms with Crippen molar-refractivity contribution < 1.29 is 24.3 Å². The van der Waals surface area contributed by atoms with Crippen LogP contribution in [0.1, 0.15) is 59.6 Å². The second kappa shape index (κ2) is 16.3. The highest BCUT2D eigenvalue weighted by molar-refractivity contribution is 8.01. The first-order valence-electron chi connectivity index (χ1n) is 16.7. The minimum absolute atomic E-state index is 0.00751. The van der Waals surface area contributed by atoms with E-state index in [0.717, 1.165) is 11.1 Å². The minimum Gasteiger partial charge on any atom is -0.390 e. The van der Waals surface area contributed by atoms with E-state index in [4.69, 9.17) is 0 Å². The lowest BCUT2D eigenvalue weighted by Crippen LogP contribution is -2.59. The van der Waals surface area contributed by atoms with Gasteiger partial charge in [0.05, 0.1) is 17.9 Å². The molecule has 0 radical (unpaired) electrons. The Morgan fingerprint density at radius 3 is 2.14 bits per heavy atom. The molecule has 13 heteroatoms. The summed E-state index contributed by atoms with van der Waals surface area (Å²) in [4.78, 5) is 55.5. The van der Waals surface area contributed by atoms with Crippen LogP contribution in [0.15, 0.2) is 60.7 Å². The van der Waals surface area contributed by atoms with E-state index in [-0.39, 0.29) is 53.4 Å². The van der Waals surface area contributed by atoms with E-state index >= 15 is 0 Å². The highest BCUT2D eigenvalue weighted by Crippen LogP contribution is 2.40. The number of carbonyl (C=O) groups is 4. The number of hydrogen-bond acceptors (Lipinski definition) is 9. The van der Waals surface area contributed by atoms with Gasteiger partial charge in [0.2, 0.25) is 23.6 Å². The number of benzene rings is 2. The van der Waals surface area contributed by atoms with Crippen LogP contribution < -0.4 is 26.6 Å². The fraction of sp³-hybridized carbons (Fsp3) is 0.556. The maximum Gasteiger partial charge on any atom is 0.245 e. The fourth-order valence-electron chi connectivity index (χ4n) is 6.11. The molecular weight excluding hydrogens is 661 g/mol. The highest BCUT2D eigenvalue weighted by Gasteiger charge is 2.50. The second-order valence-corrected chi connectivity index (χ2v) is 18.2. The molecule has 2 saturated heterocycles. The Kier molecular flexibility index (Phi) is 12.9. The van der Waals surface area contributed by atoms with Crippen molar-refractivity contribution in [3.05, 3.63) is 71.8 Å². The molecule has 2 aliphatic heterocycles. The van der Waals surface area contributed by atoms with Crippen LogP contribution in [0.3, 0.4) is 0 Å². The predicted molar refractivity (Wildman–Crippen MR) is 197 cm³/mol. The summed E-state index contributed by atoms with van der Waals surface area (Å²) in [5.74, 6) is -0.494. The summed E-state index contributed by atoms with van der Waals surface area (Å²) in [6.07, 6.45) is -0.803. The lowest BCUT2D eigenvalue weighted by molar-refractivity contribution is -0.129. The normalized spacial score (nSPS) is 22.9. The molecule has 2 heterocycles. The third kappa shape index (κ3) is 10.9. The predicted octanol–water partition coefficient (Wildman–Crippen LogP) is 2.39. The zero-order valence-electron chi connectivity index (χ0n) is 29.5. The van der Waals surface area contributed by atoms with Gasteiger partial charge < -0.3 is 26.4 Å². The molecule has 4 amide bonds. The first-order valence-corrected chi connectivity index (χ1v) is 18.6. The number of thioether (sulfide) groups is 2. The lowest BCUT2D eigenvalue weighted by atomic mass is 9.98. The minimum atomic E-state index is -0.959. The number of amides is 4. The van der Waals surface area contributed by atoms with Crippen molar-refractivity contribution in [2.24, 2.45) is 0 Å². The maximum absolute atomic E-state index is 13.6. The average molecular weight is 713 g/mol. The van der Waals surface area contributed by atoms with Gasteiger partial charge in [-0.05, 0) is 59.6 Å². The molecule has 5 atom stereocenters. The van der Waals surface area contributed by atoms with E-state index in [1.165, 1.54) is 11.8 Å². The van der Waals surface area contributed by atoms with Crippen LogP contribution in [0, 0.1) is 0 Å². The molecule has 1 unspecified atom stereocenters. The molecule has 6 N–H and O–H groups in total. The molecule has 0 saturated carbocycles. The van der Waals surface area contributed by atoms with Crippen molar-refractivity contribution in [3.63, 3.8) is 0 Å². The number of nitrogens with zero attached hydrogens (tertiary/aromatic N) is 1. The summed E-state index contributed by atoms with van der Waals surface area (Å²) < 4.78 is -0.990. The largest absolute Gasteiger partial charge is 0.390 e. The van der Waals surface area contributed by atoms with Crippen LogP contribution in [-0.4, -0.2) is 97.2 Å². The molecule has 2 fully saturated rings. The number of β-amino-alcohol motifs (C(OH)–C–C–N with tert-alkyl or cyclic N) is 1. The van der Waals surface area contributed by atoms with Gasteiger partial charge in [0.25, 0.3) is 0 Å². The van der Waals surface area contributed by atoms with Crippen molar-refractivity contribution in [1.82, 2.24) is 31.5 Å². The van der Waals surface area contributed by atoms with E-state index in [9.17, 15) is 24.3 Å². The monoisotopic (exact) mass is 712 g/mol. The summed E-state index contributed by atoms with van der Waals surface area (Å²) in [7, 11) is 0. The SMILES string of the molecule is CC(C)(C)NC(=O)[C@H]1N(CC(O)CNC(=O)[C@@H]2N[C@@H]([C@H](NC(=O)Cc3ccccc3)C(=O)NCc3ccccc3)SC2(C)C)CSC1(C)C. The average Bonchev–Trinajstić information content (AvgIpc) is 3.51. The maximum atomic E-state index is 13.6. The van der Waals surface area contributed by atoms with Crippen LogP contribution in [0.2, 0.25) is 0 Å². The van der Waals surface area contributed by atoms with Crippen molar-refractivity contribution in [2.75, 3.05) is 19.0 Å². The van der Waals surface area contributed by atoms with Gasteiger partial charge >= 0.3 is 0 Å². The number of aliphatic hydroxyl groups excluding tert-OH is 1. The summed E-state index contributed by atoms with van der Waals surface area (Å²) >= 11 is 3.07. The fourth-order valence-corrected chi connectivity index (χ4v) is 8.77. The Labute approximate surface area is 298 Å². The molecule has 2 aromatic rings. The van der Waals surface area contributed by atoms with Crippen molar-refractivity contribution in [1.29, 1.82) is 0 Å². The van der Waals surface area contributed by atoms with Crippen LogP contribution >= 0.6 is 23.5 Å².